The van der Waals surface area contributed by atoms with Crippen LogP contribution in [0.2, 0.25) is 5.02 Å². The minimum absolute atomic E-state index is 0.0434. The number of carbonyl (C=O) groups is 1. The molecular weight excluding hydrogens is 432 g/mol. The molecule has 2 N–H and O–H groups in total. The second-order valence-corrected chi connectivity index (χ2v) is 9.43. The topological polar surface area (TPSA) is 92.3 Å². The molecule has 0 radical (unpaired) electrons. The zero-order valence-electron chi connectivity index (χ0n) is 15.3. The molecule has 3 aromatic carbocycles. The quantitative estimate of drug-likeness (QED) is 0.598. The lowest BCUT2D eigenvalue weighted by molar-refractivity contribution is 0.0981. The Morgan fingerprint density at radius 1 is 0.931 bits per heavy atom. The predicted molar refractivity (Wildman–Crippen MR) is 114 cm³/mol. The van der Waals surface area contributed by atoms with Gasteiger partial charge < -0.3 is 0 Å². The summed E-state index contributed by atoms with van der Waals surface area (Å²) in [5.74, 6) is -0.929. The third-order valence-electron chi connectivity index (χ3n) is 3.88. The second kappa shape index (κ2) is 8.77. The molecule has 0 aliphatic carbocycles. The van der Waals surface area contributed by atoms with Crippen molar-refractivity contribution in [1.82, 2.24) is 4.72 Å². The summed E-state index contributed by atoms with van der Waals surface area (Å²) in [6.07, 6.45) is 0. The largest absolute Gasteiger partial charge is 0.323 e. The van der Waals surface area contributed by atoms with E-state index in [1.165, 1.54) is 18.2 Å². The highest BCUT2D eigenvalue weighted by Gasteiger charge is 2.20. The smallest absolute Gasteiger partial charge is 0.268 e. The predicted octanol–water partition coefficient (Wildman–Crippen LogP) is 3.90. The van der Waals surface area contributed by atoms with Crippen molar-refractivity contribution in [2.45, 2.75) is 16.7 Å². The second-order valence-electron chi connectivity index (χ2n) is 6.13. The van der Waals surface area contributed by atoms with E-state index in [9.17, 15) is 17.4 Å². The summed E-state index contributed by atoms with van der Waals surface area (Å²) < 4.78 is 41.4. The van der Waals surface area contributed by atoms with E-state index in [1.807, 2.05) is 11.6 Å². The number of hydrogen-bond acceptors (Lipinski definition) is 4. The molecule has 150 valence electrons. The van der Waals surface area contributed by atoms with Crippen LogP contribution in [0.3, 0.4) is 0 Å². The highest BCUT2D eigenvalue weighted by molar-refractivity contribution is 7.91. The van der Waals surface area contributed by atoms with Crippen LogP contribution in [0.25, 0.3) is 0 Å². The Morgan fingerprint density at radius 2 is 1.59 bits per heavy atom. The summed E-state index contributed by atoms with van der Waals surface area (Å²) >= 11 is 6.07. The molecule has 1 unspecified atom stereocenters. The van der Waals surface area contributed by atoms with Gasteiger partial charge in [-0.15, -0.1) is 0 Å². The number of nitrogens with one attached hydrogen (secondary N) is 2. The summed E-state index contributed by atoms with van der Waals surface area (Å²) in [4.78, 5) is 13.4. The number of aryl methyl sites for hydroxylation is 1. The SMILES string of the molecule is Cc1ccc(NS(=O)(=O)NC(=O)c2cc(S(=O)c3ccccc3)ccc2Cl)cc1. The Balaban J connectivity index is 1.81. The average Bonchev–Trinajstić information content (AvgIpc) is 2.69. The van der Waals surface area contributed by atoms with Crippen LogP contribution < -0.4 is 9.44 Å². The van der Waals surface area contributed by atoms with Gasteiger partial charge in [0.2, 0.25) is 0 Å². The molecule has 0 aliphatic heterocycles. The van der Waals surface area contributed by atoms with E-state index in [2.05, 4.69) is 4.72 Å². The van der Waals surface area contributed by atoms with Crippen LogP contribution in [0.1, 0.15) is 15.9 Å². The first-order valence-corrected chi connectivity index (χ1v) is 11.4. The Hall–Kier alpha value is -2.68. The number of rotatable bonds is 6. The minimum Gasteiger partial charge on any atom is -0.268 e. The van der Waals surface area contributed by atoms with E-state index >= 15 is 0 Å². The maximum absolute atomic E-state index is 12.7. The molecule has 0 saturated heterocycles. The third kappa shape index (κ3) is 5.44. The molecule has 9 heteroatoms. The molecule has 1 atom stereocenters. The number of carbonyl (C=O) groups excluding carboxylic acids is 1. The maximum atomic E-state index is 12.7. The van der Waals surface area contributed by atoms with Gasteiger partial charge in [0.25, 0.3) is 5.91 Å². The van der Waals surface area contributed by atoms with Crippen molar-refractivity contribution in [3.05, 3.63) is 88.9 Å². The van der Waals surface area contributed by atoms with Gasteiger partial charge in [-0.05, 0) is 49.4 Å². The molecule has 0 heterocycles. The number of benzene rings is 3. The Bertz CT molecular complexity index is 1160. The fourth-order valence-corrected chi connectivity index (χ4v) is 4.60. The molecule has 1 amide bonds. The number of halogens is 1. The van der Waals surface area contributed by atoms with E-state index in [0.717, 1.165) is 5.56 Å². The van der Waals surface area contributed by atoms with Gasteiger partial charge >= 0.3 is 10.2 Å². The highest BCUT2D eigenvalue weighted by atomic mass is 35.5. The van der Waals surface area contributed by atoms with Gasteiger partial charge in [0.15, 0.2) is 0 Å². The van der Waals surface area contributed by atoms with Crippen molar-refractivity contribution < 1.29 is 17.4 Å². The first-order chi connectivity index (χ1) is 13.7. The van der Waals surface area contributed by atoms with E-state index in [-0.39, 0.29) is 10.6 Å². The molecule has 0 bridgehead atoms. The highest BCUT2D eigenvalue weighted by Crippen LogP contribution is 2.23. The number of anilines is 1. The molecule has 0 aliphatic rings. The zero-order valence-corrected chi connectivity index (χ0v) is 17.6. The molecular formula is C20H17ClN2O4S2. The monoisotopic (exact) mass is 448 g/mol. The van der Waals surface area contributed by atoms with Crippen LogP contribution in [-0.2, 0) is 21.0 Å². The molecule has 29 heavy (non-hydrogen) atoms. The average molecular weight is 449 g/mol. The Morgan fingerprint density at radius 3 is 2.24 bits per heavy atom. The molecule has 0 fully saturated rings. The molecule has 3 aromatic rings. The van der Waals surface area contributed by atoms with Crippen molar-refractivity contribution in [1.29, 1.82) is 0 Å². The van der Waals surface area contributed by atoms with E-state index in [1.54, 1.807) is 54.6 Å². The molecule has 6 nitrogen and oxygen atoms in total. The molecule has 0 aromatic heterocycles. The van der Waals surface area contributed by atoms with Gasteiger partial charge in [0.05, 0.1) is 27.1 Å². The first kappa shape index (κ1) is 21.0. The summed E-state index contributed by atoms with van der Waals surface area (Å²) in [6, 6.07) is 19.6. The van der Waals surface area contributed by atoms with Crippen molar-refractivity contribution in [3.8, 4) is 0 Å². The Kier molecular flexibility index (Phi) is 6.36. The zero-order chi connectivity index (χ0) is 21.0. The van der Waals surface area contributed by atoms with Gasteiger partial charge in [-0.1, -0.05) is 47.5 Å². The van der Waals surface area contributed by atoms with Crippen LogP contribution in [0.4, 0.5) is 5.69 Å². The van der Waals surface area contributed by atoms with E-state index in [0.29, 0.717) is 15.5 Å². The van der Waals surface area contributed by atoms with Crippen LogP contribution in [0.15, 0.2) is 82.6 Å². The lowest BCUT2D eigenvalue weighted by atomic mass is 10.2. The van der Waals surface area contributed by atoms with Crippen molar-refractivity contribution in [2.75, 3.05) is 4.72 Å². The van der Waals surface area contributed by atoms with Crippen molar-refractivity contribution >= 4 is 44.2 Å². The van der Waals surface area contributed by atoms with Crippen molar-refractivity contribution in [3.63, 3.8) is 0 Å². The van der Waals surface area contributed by atoms with Gasteiger partial charge in [-0.3, -0.25) is 9.52 Å². The summed E-state index contributed by atoms with van der Waals surface area (Å²) in [7, 11) is -5.72. The first-order valence-electron chi connectivity index (χ1n) is 8.43. The van der Waals surface area contributed by atoms with Gasteiger partial charge in [-0.2, -0.15) is 8.42 Å². The van der Waals surface area contributed by atoms with Crippen LogP contribution in [0, 0.1) is 6.92 Å². The van der Waals surface area contributed by atoms with Gasteiger partial charge in [0, 0.05) is 9.79 Å². The standard InChI is InChI=1S/C20H17ClN2O4S2/c1-14-7-9-15(10-8-14)22-29(26,27)23-20(24)18-13-17(11-12-19(18)21)28(25)16-5-3-2-4-6-16/h2-13,22H,1H3,(H,23,24). The lowest BCUT2D eigenvalue weighted by Crippen LogP contribution is -2.35. The van der Waals surface area contributed by atoms with Gasteiger partial charge in [-0.25, -0.2) is 8.93 Å². The number of hydrogen-bond donors (Lipinski definition) is 2. The van der Waals surface area contributed by atoms with Crippen LogP contribution in [-0.4, -0.2) is 18.5 Å². The van der Waals surface area contributed by atoms with Crippen molar-refractivity contribution in [2.24, 2.45) is 0 Å². The van der Waals surface area contributed by atoms with Gasteiger partial charge in [0.1, 0.15) is 0 Å². The van der Waals surface area contributed by atoms with E-state index < -0.39 is 26.9 Å². The molecule has 0 spiro atoms. The van der Waals surface area contributed by atoms with Crippen LogP contribution >= 0.6 is 11.6 Å². The number of amides is 1. The fraction of sp³-hybridized carbons (Fsp3) is 0.0500. The molecule has 0 saturated carbocycles. The van der Waals surface area contributed by atoms with Crippen LogP contribution in [0.5, 0.6) is 0 Å². The summed E-state index contributed by atoms with van der Waals surface area (Å²) in [5, 5.41) is 0.0434. The van der Waals surface area contributed by atoms with E-state index in [4.69, 9.17) is 11.6 Å². The third-order valence-corrected chi connectivity index (χ3v) is 6.56. The molecule has 3 rings (SSSR count). The lowest BCUT2D eigenvalue weighted by Gasteiger charge is -2.11. The maximum Gasteiger partial charge on any atom is 0.323 e. The Labute approximate surface area is 176 Å². The normalized spacial score (nSPS) is 12.2. The summed E-state index contributed by atoms with van der Waals surface area (Å²) in [6.45, 7) is 1.87. The minimum atomic E-state index is -4.18. The summed E-state index contributed by atoms with van der Waals surface area (Å²) in [5.41, 5.74) is 1.18. The fourth-order valence-electron chi connectivity index (χ4n) is 2.45.